The van der Waals surface area contributed by atoms with Gasteiger partial charge in [0, 0.05) is 29.7 Å². The maximum Gasteiger partial charge on any atom is 0.270 e. The van der Waals surface area contributed by atoms with E-state index in [1.54, 1.807) is 6.07 Å². The number of benzene rings is 1. The van der Waals surface area contributed by atoms with Crippen LogP contribution in [0, 0.1) is 16.0 Å². The molecule has 0 aromatic heterocycles. The zero-order valence-corrected chi connectivity index (χ0v) is 12.1. The van der Waals surface area contributed by atoms with Crippen molar-refractivity contribution in [2.45, 2.75) is 31.9 Å². The van der Waals surface area contributed by atoms with Crippen LogP contribution in [-0.4, -0.2) is 22.7 Å². The van der Waals surface area contributed by atoms with E-state index >= 15 is 0 Å². The molecule has 6 heteroatoms. The lowest BCUT2D eigenvalue weighted by Gasteiger charge is -2.15. The second kappa shape index (κ2) is 6.45. The van der Waals surface area contributed by atoms with Gasteiger partial charge in [-0.1, -0.05) is 22.4 Å². The third kappa shape index (κ3) is 3.75. The van der Waals surface area contributed by atoms with Crippen molar-refractivity contribution in [2.24, 2.45) is 5.92 Å². The van der Waals surface area contributed by atoms with Crippen LogP contribution in [0.3, 0.4) is 0 Å². The van der Waals surface area contributed by atoms with Gasteiger partial charge in [-0.15, -0.1) is 0 Å². The van der Waals surface area contributed by atoms with E-state index in [1.807, 2.05) is 0 Å². The van der Waals surface area contributed by atoms with E-state index in [0.717, 1.165) is 35.8 Å². The fourth-order valence-corrected chi connectivity index (χ4v) is 2.95. The number of halogens is 1. The van der Waals surface area contributed by atoms with Gasteiger partial charge in [-0.25, -0.2) is 0 Å². The Hall–Kier alpha value is -0.980. The van der Waals surface area contributed by atoms with Gasteiger partial charge in [0.15, 0.2) is 0 Å². The average Bonchev–Trinajstić information content (AvgIpc) is 2.77. The summed E-state index contributed by atoms with van der Waals surface area (Å²) in [6.45, 7) is 1.42. The van der Waals surface area contributed by atoms with Gasteiger partial charge in [0.1, 0.15) is 0 Å². The molecule has 1 fully saturated rings. The minimum atomic E-state index is -0.406. The van der Waals surface area contributed by atoms with Crippen molar-refractivity contribution < 1.29 is 10.0 Å². The van der Waals surface area contributed by atoms with Crippen LogP contribution in [0.25, 0.3) is 0 Å². The van der Waals surface area contributed by atoms with Crippen LogP contribution in [0.15, 0.2) is 22.7 Å². The molecule has 2 unspecified atom stereocenters. The number of nitro groups is 1. The van der Waals surface area contributed by atoms with E-state index in [2.05, 4.69) is 21.2 Å². The van der Waals surface area contributed by atoms with Gasteiger partial charge in [0.2, 0.25) is 0 Å². The van der Waals surface area contributed by atoms with Crippen molar-refractivity contribution in [3.63, 3.8) is 0 Å². The van der Waals surface area contributed by atoms with Crippen molar-refractivity contribution in [3.8, 4) is 0 Å². The molecular weight excluding hydrogens is 312 g/mol. The van der Waals surface area contributed by atoms with Crippen molar-refractivity contribution >= 4 is 21.6 Å². The number of nitrogens with one attached hydrogen (secondary N) is 1. The fourth-order valence-electron chi connectivity index (χ4n) is 2.44. The summed E-state index contributed by atoms with van der Waals surface area (Å²) in [5.41, 5.74) is 1.07. The molecule has 2 rings (SSSR count). The van der Waals surface area contributed by atoms with Crippen LogP contribution in [-0.2, 0) is 6.54 Å². The van der Waals surface area contributed by atoms with Gasteiger partial charge in [-0.2, -0.15) is 0 Å². The Labute approximate surface area is 120 Å². The summed E-state index contributed by atoms with van der Waals surface area (Å²) in [7, 11) is 0. The molecule has 104 valence electrons. The molecule has 0 aliphatic heterocycles. The molecule has 5 nitrogen and oxygen atoms in total. The first-order valence-corrected chi connectivity index (χ1v) is 7.19. The fraction of sp³-hybridized carbons (Fsp3) is 0.538. The number of hydrogen-bond acceptors (Lipinski definition) is 4. The Kier molecular flexibility index (Phi) is 4.90. The smallest absolute Gasteiger partial charge is 0.270 e. The molecule has 0 bridgehead atoms. The van der Waals surface area contributed by atoms with Crippen LogP contribution in [0.5, 0.6) is 0 Å². The lowest BCUT2D eigenvalue weighted by atomic mass is 10.1. The summed E-state index contributed by atoms with van der Waals surface area (Å²) in [4.78, 5) is 10.2. The Morgan fingerprint density at radius 3 is 2.84 bits per heavy atom. The molecule has 2 N–H and O–H groups in total. The molecular formula is C13H17BrN2O3. The number of nitrogens with zero attached hydrogens (tertiary/aromatic N) is 1. The molecule has 0 saturated heterocycles. The average molecular weight is 329 g/mol. The minimum absolute atomic E-state index is 0.0850. The molecule has 1 saturated carbocycles. The first kappa shape index (κ1) is 14.4. The molecule has 2 atom stereocenters. The minimum Gasteiger partial charge on any atom is -0.393 e. The third-order valence-electron chi connectivity index (χ3n) is 3.59. The summed E-state index contributed by atoms with van der Waals surface area (Å²) in [6, 6.07) is 4.77. The Balaban J connectivity index is 1.87. The zero-order chi connectivity index (χ0) is 13.8. The third-order valence-corrected chi connectivity index (χ3v) is 4.33. The van der Waals surface area contributed by atoms with E-state index in [-0.39, 0.29) is 11.8 Å². The Bertz CT molecular complexity index is 467. The zero-order valence-electron chi connectivity index (χ0n) is 10.5. The predicted octanol–water partition coefficient (Wildman–Crippen LogP) is 2.61. The van der Waals surface area contributed by atoms with Crippen LogP contribution in [0.4, 0.5) is 5.69 Å². The summed E-state index contributed by atoms with van der Waals surface area (Å²) in [5, 5.41) is 23.6. The van der Waals surface area contributed by atoms with Crippen LogP contribution in [0.2, 0.25) is 0 Å². The molecule has 1 aliphatic carbocycles. The van der Waals surface area contributed by atoms with Gasteiger partial charge in [0.25, 0.3) is 5.69 Å². The molecule has 19 heavy (non-hydrogen) atoms. The highest BCUT2D eigenvalue weighted by Crippen LogP contribution is 2.25. The van der Waals surface area contributed by atoms with Crippen LogP contribution < -0.4 is 5.32 Å². The summed E-state index contributed by atoms with van der Waals surface area (Å²) in [6.07, 6.45) is 2.87. The Morgan fingerprint density at radius 2 is 2.26 bits per heavy atom. The number of aliphatic hydroxyl groups is 1. The summed E-state index contributed by atoms with van der Waals surface area (Å²) >= 11 is 3.35. The highest BCUT2D eigenvalue weighted by atomic mass is 79.9. The maximum atomic E-state index is 10.6. The number of nitro benzene ring substituents is 1. The predicted molar refractivity (Wildman–Crippen MR) is 75.9 cm³/mol. The second-order valence-electron chi connectivity index (χ2n) is 4.92. The number of hydrogen-bond donors (Lipinski definition) is 2. The molecule has 1 aromatic carbocycles. The number of non-ortho nitro benzene ring substituents is 1. The van der Waals surface area contributed by atoms with Gasteiger partial charge < -0.3 is 10.4 Å². The first-order chi connectivity index (χ1) is 9.08. The van der Waals surface area contributed by atoms with Gasteiger partial charge >= 0.3 is 0 Å². The highest BCUT2D eigenvalue weighted by molar-refractivity contribution is 9.10. The van der Waals surface area contributed by atoms with Crippen molar-refractivity contribution in [1.29, 1.82) is 0 Å². The van der Waals surface area contributed by atoms with Crippen molar-refractivity contribution in [2.75, 3.05) is 6.54 Å². The normalized spacial score (nSPS) is 22.6. The van der Waals surface area contributed by atoms with Gasteiger partial charge in [-0.05, 0) is 30.4 Å². The molecule has 1 aromatic rings. The molecule has 0 amide bonds. The van der Waals surface area contributed by atoms with Gasteiger partial charge in [0.05, 0.1) is 11.0 Å². The van der Waals surface area contributed by atoms with E-state index in [0.29, 0.717) is 12.5 Å². The van der Waals surface area contributed by atoms with Crippen molar-refractivity contribution in [3.05, 3.63) is 38.3 Å². The molecule has 1 aliphatic rings. The molecule has 0 radical (unpaired) electrons. The number of rotatable bonds is 5. The summed E-state index contributed by atoms with van der Waals surface area (Å²) < 4.78 is 0.737. The monoisotopic (exact) mass is 328 g/mol. The van der Waals surface area contributed by atoms with Crippen molar-refractivity contribution in [1.82, 2.24) is 5.32 Å². The first-order valence-electron chi connectivity index (χ1n) is 6.39. The quantitative estimate of drug-likeness (QED) is 0.643. The Morgan fingerprint density at radius 1 is 1.47 bits per heavy atom. The second-order valence-corrected chi connectivity index (χ2v) is 5.78. The highest BCUT2D eigenvalue weighted by Gasteiger charge is 2.24. The molecule has 0 heterocycles. The van der Waals surface area contributed by atoms with Gasteiger partial charge in [-0.3, -0.25) is 10.1 Å². The lowest BCUT2D eigenvalue weighted by Crippen LogP contribution is -2.27. The van der Waals surface area contributed by atoms with Crippen LogP contribution in [0.1, 0.15) is 24.8 Å². The maximum absolute atomic E-state index is 10.6. The largest absolute Gasteiger partial charge is 0.393 e. The SMILES string of the molecule is O=[N+]([O-])c1ccc(CNCC2CCCC2O)c(Br)c1. The van der Waals surface area contributed by atoms with E-state index in [1.165, 1.54) is 12.1 Å². The van der Waals surface area contributed by atoms with E-state index < -0.39 is 4.92 Å². The lowest BCUT2D eigenvalue weighted by molar-refractivity contribution is -0.384. The summed E-state index contributed by atoms with van der Waals surface area (Å²) in [5.74, 6) is 0.330. The molecule has 0 spiro atoms. The standard InChI is InChI=1S/C13H17BrN2O3/c14-12-6-11(16(18)19)5-4-9(12)7-15-8-10-2-1-3-13(10)17/h4-6,10,13,15,17H,1-3,7-8H2. The topological polar surface area (TPSA) is 75.4 Å². The van der Waals surface area contributed by atoms with Crippen LogP contribution >= 0.6 is 15.9 Å². The van der Waals surface area contributed by atoms with E-state index in [9.17, 15) is 15.2 Å². The van der Waals surface area contributed by atoms with E-state index in [4.69, 9.17) is 0 Å². The number of aliphatic hydroxyl groups excluding tert-OH is 1.